The third-order valence-corrected chi connectivity index (χ3v) is 6.25. The van der Waals surface area contributed by atoms with E-state index < -0.39 is 36.0 Å². The van der Waals surface area contributed by atoms with Crippen LogP contribution in [0.3, 0.4) is 0 Å². The summed E-state index contributed by atoms with van der Waals surface area (Å²) in [6.07, 6.45) is 2.74. The van der Waals surface area contributed by atoms with E-state index in [4.69, 9.17) is 13.9 Å². The number of nitrogens with zero attached hydrogens (tertiary/aromatic N) is 2. The van der Waals surface area contributed by atoms with Crippen LogP contribution >= 0.6 is 0 Å². The Labute approximate surface area is 202 Å². The Bertz CT molecular complexity index is 1090. The molecule has 1 aromatic carbocycles. The van der Waals surface area contributed by atoms with Crippen LogP contribution in [0.4, 0.5) is 10.5 Å². The molecule has 4 amide bonds. The van der Waals surface area contributed by atoms with E-state index >= 15 is 0 Å². The number of carbonyl (C=O) groups is 4. The normalized spacial score (nSPS) is 21.5. The van der Waals surface area contributed by atoms with Gasteiger partial charge in [0.15, 0.2) is 5.76 Å². The van der Waals surface area contributed by atoms with Crippen molar-refractivity contribution in [2.45, 2.75) is 37.4 Å². The zero-order chi connectivity index (χ0) is 24.9. The summed E-state index contributed by atoms with van der Waals surface area (Å²) < 4.78 is 15.3. The number of methoxy groups -OCH3 is 2. The van der Waals surface area contributed by atoms with E-state index in [-0.39, 0.29) is 24.6 Å². The van der Waals surface area contributed by atoms with Crippen LogP contribution in [0, 0.1) is 0 Å². The molecule has 2 saturated heterocycles. The SMILES string of the molecule is COC(=O)C1CCCN1C(=O)C1CC(NC(=O)Nc2cccc(OC)c2)CN1C(=O)c1ccco1. The van der Waals surface area contributed by atoms with Crippen molar-refractivity contribution in [1.82, 2.24) is 15.1 Å². The van der Waals surface area contributed by atoms with E-state index in [2.05, 4.69) is 10.6 Å². The summed E-state index contributed by atoms with van der Waals surface area (Å²) in [5, 5.41) is 5.57. The number of nitrogens with one attached hydrogen (secondary N) is 2. The Hall–Kier alpha value is -4.02. The van der Waals surface area contributed by atoms with Crippen LogP contribution in [-0.2, 0) is 14.3 Å². The highest BCUT2D eigenvalue weighted by molar-refractivity contribution is 5.97. The molecule has 186 valence electrons. The predicted octanol–water partition coefficient (Wildman–Crippen LogP) is 1.86. The number of amides is 4. The van der Waals surface area contributed by atoms with Gasteiger partial charge in [-0.2, -0.15) is 0 Å². The van der Waals surface area contributed by atoms with Gasteiger partial charge in [0.1, 0.15) is 17.8 Å². The first-order valence-electron chi connectivity index (χ1n) is 11.4. The average Bonchev–Trinajstić information content (AvgIpc) is 3.63. The fraction of sp³-hybridized carbons (Fsp3) is 0.417. The van der Waals surface area contributed by atoms with E-state index in [1.807, 2.05) is 0 Å². The lowest BCUT2D eigenvalue weighted by Crippen LogP contribution is -2.51. The van der Waals surface area contributed by atoms with Crippen LogP contribution in [0.25, 0.3) is 0 Å². The van der Waals surface area contributed by atoms with Crippen LogP contribution < -0.4 is 15.4 Å². The molecule has 0 bridgehead atoms. The first-order chi connectivity index (χ1) is 16.9. The van der Waals surface area contributed by atoms with Gasteiger partial charge >= 0.3 is 12.0 Å². The van der Waals surface area contributed by atoms with Crippen molar-refractivity contribution in [2.24, 2.45) is 0 Å². The molecule has 11 nitrogen and oxygen atoms in total. The minimum atomic E-state index is -0.861. The highest BCUT2D eigenvalue weighted by Gasteiger charge is 2.46. The van der Waals surface area contributed by atoms with Crippen LogP contribution in [0.5, 0.6) is 5.75 Å². The van der Waals surface area contributed by atoms with Gasteiger partial charge in [0.05, 0.1) is 26.5 Å². The van der Waals surface area contributed by atoms with Crippen LogP contribution in [0.15, 0.2) is 47.1 Å². The highest BCUT2D eigenvalue weighted by atomic mass is 16.5. The van der Waals surface area contributed by atoms with Gasteiger partial charge in [-0.05, 0) is 43.5 Å². The monoisotopic (exact) mass is 484 g/mol. The van der Waals surface area contributed by atoms with Gasteiger partial charge in [-0.15, -0.1) is 0 Å². The molecule has 0 spiro atoms. The van der Waals surface area contributed by atoms with Gasteiger partial charge in [-0.3, -0.25) is 9.59 Å². The van der Waals surface area contributed by atoms with Gasteiger partial charge in [-0.1, -0.05) is 6.07 Å². The van der Waals surface area contributed by atoms with Crippen molar-refractivity contribution in [3.05, 3.63) is 48.4 Å². The lowest BCUT2D eigenvalue weighted by Gasteiger charge is -2.29. The summed E-state index contributed by atoms with van der Waals surface area (Å²) >= 11 is 0. The fourth-order valence-electron chi connectivity index (χ4n) is 4.60. The molecule has 2 fully saturated rings. The molecular formula is C24H28N4O7. The molecule has 0 aliphatic carbocycles. The Kier molecular flexibility index (Phi) is 7.23. The number of hydrogen-bond donors (Lipinski definition) is 2. The van der Waals surface area contributed by atoms with E-state index in [9.17, 15) is 19.2 Å². The zero-order valence-electron chi connectivity index (χ0n) is 19.6. The summed E-state index contributed by atoms with van der Waals surface area (Å²) in [4.78, 5) is 54.3. The van der Waals surface area contributed by atoms with Gasteiger partial charge < -0.3 is 34.3 Å². The molecule has 1 aromatic heterocycles. The molecule has 3 heterocycles. The van der Waals surface area contributed by atoms with Crippen LogP contribution in [0.2, 0.25) is 0 Å². The summed E-state index contributed by atoms with van der Waals surface area (Å²) in [6, 6.07) is 7.49. The smallest absolute Gasteiger partial charge is 0.328 e. The fourth-order valence-corrected chi connectivity index (χ4v) is 4.60. The van der Waals surface area contributed by atoms with Crippen molar-refractivity contribution in [2.75, 3.05) is 32.6 Å². The number of hydrogen-bond acceptors (Lipinski definition) is 7. The second-order valence-corrected chi connectivity index (χ2v) is 8.43. The van der Waals surface area contributed by atoms with Crippen molar-refractivity contribution in [1.29, 1.82) is 0 Å². The first-order valence-corrected chi connectivity index (χ1v) is 11.4. The number of anilines is 1. The number of rotatable bonds is 6. The molecule has 35 heavy (non-hydrogen) atoms. The highest BCUT2D eigenvalue weighted by Crippen LogP contribution is 2.27. The first kappa shape index (κ1) is 24.1. The lowest BCUT2D eigenvalue weighted by atomic mass is 10.1. The van der Waals surface area contributed by atoms with E-state index in [0.717, 1.165) is 0 Å². The molecule has 4 rings (SSSR count). The van der Waals surface area contributed by atoms with E-state index in [0.29, 0.717) is 30.8 Å². The molecular weight excluding hydrogens is 456 g/mol. The molecule has 2 aliphatic heterocycles. The maximum Gasteiger partial charge on any atom is 0.328 e. The molecule has 3 atom stereocenters. The van der Waals surface area contributed by atoms with Crippen LogP contribution in [-0.4, -0.2) is 79.0 Å². The van der Waals surface area contributed by atoms with Gasteiger partial charge in [0.2, 0.25) is 5.91 Å². The minimum Gasteiger partial charge on any atom is -0.497 e. The second kappa shape index (κ2) is 10.5. The van der Waals surface area contributed by atoms with Gasteiger partial charge in [0.25, 0.3) is 5.91 Å². The summed E-state index contributed by atoms with van der Waals surface area (Å²) in [6.45, 7) is 0.504. The minimum absolute atomic E-state index is 0.0928. The second-order valence-electron chi connectivity index (χ2n) is 8.43. The number of likely N-dealkylation sites (tertiary alicyclic amines) is 2. The largest absolute Gasteiger partial charge is 0.497 e. The molecule has 2 aliphatic rings. The van der Waals surface area contributed by atoms with Crippen molar-refractivity contribution in [3.8, 4) is 5.75 Å². The Morgan fingerprint density at radius 1 is 1.06 bits per heavy atom. The number of esters is 1. The van der Waals surface area contributed by atoms with E-state index in [1.54, 1.807) is 30.3 Å². The maximum atomic E-state index is 13.5. The zero-order valence-corrected chi connectivity index (χ0v) is 19.6. The number of carbonyl (C=O) groups excluding carboxylic acids is 4. The number of furan rings is 1. The summed E-state index contributed by atoms with van der Waals surface area (Å²) in [7, 11) is 2.82. The third-order valence-electron chi connectivity index (χ3n) is 6.25. The third kappa shape index (κ3) is 5.23. The topological polar surface area (TPSA) is 130 Å². The molecule has 3 unspecified atom stereocenters. The van der Waals surface area contributed by atoms with Crippen molar-refractivity contribution >= 4 is 29.5 Å². The molecule has 2 N–H and O–H groups in total. The average molecular weight is 485 g/mol. The number of ether oxygens (including phenoxy) is 2. The van der Waals surface area contributed by atoms with Crippen molar-refractivity contribution in [3.63, 3.8) is 0 Å². The van der Waals surface area contributed by atoms with E-state index in [1.165, 1.54) is 36.3 Å². The summed E-state index contributed by atoms with van der Waals surface area (Å²) in [5.41, 5.74) is 0.536. The Morgan fingerprint density at radius 3 is 2.60 bits per heavy atom. The molecule has 2 aromatic rings. The Balaban J connectivity index is 1.49. The van der Waals surface area contributed by atoms with Crippen molar-refractivity contribution < 1.29 is 33.1 Å². The Morgan fingerprint density at radius 2 is 1.89 bits per heavy atom. The molecule has 0 radical (unpaired) electrons. The molecule has 11 heteroatoms. The predicted molar refractivity (Wildman–Crippen MR) is 124 cm³/mol. The maximum absolute atomic E-state index is 13.5. The lowest BCUT2D eigenvalue weighted by molar-refractivity contribution is -0.152. The van der Waals surface area contributed by atoms with Gasteiger partial charge in [-0.25, -0.2) is 9.59 Å². The quantitative estimate of drug-likeness (QED) is 0.599. The van der Waals surface area contributed by atoms with Gasteiger partial charge in [0, 0.05) is 24.8 Å². The molecule has 0 saturated carbocycles. The van der Waals surface area contributed by atoms with Crippen LogP contribution in [0.1, 0.15) is 29.8 Å². The summed E-state index contributed by atoms with van der Waals surface area (Å²) in [5.74, 6) is -0.606. The standard InChI is InChI=1S/C24H28N4O7/c1-33-17-7-3-6-15(12-17)25-24(32)26-16-13-19(28(14-16)22(30)20-9-5-11-35-20)21(29)27-10-4-8-18(27)23(31)34-2/h3,5-7,9,11-12,16,18-19H,4,8,10,13-14H2,1-2H3,(H2,25,26,32). The number of benzene rings is 1. The number of urea groups is 1.